The molecule has 0 aromatic carbocycles. The molecule has 0 saturated carbocycles. The SMILES string of the molecule is CCCCCC(C)NCCOc1cnn(CC)c1. The maximum absolute atomic E-state index is 5.62. The molecule has 1 aromatic heterocycles. The van der Waals surface area contributed by atoms with E-state index in [0.717, 1.165) is 18.8 Å². The van der Waals surface area contributed by atoms with Gasteiger partial charge in [0.1, 0.15) is 6.61 Å². The summed E-state index contributed by atoms with van der Waals surface area (Å²) in [5, 5.41) is 7.65. The van der Waals surface area contributed by atoms with E-state index in [0.29, 0.717) is 12.6 Å². The zero-order chi connectivity index (χ0) is 13.2. The van der Waals surface area contributed by atoms with Gasteiger partial charge in [0.25, 0.3) is 0 Å². The van der Waals surface area contributed by atoms with E-state index in [9.17, 15) is 0 Å². The van der Waals surface area contributed by atoms with Gasteiger partial charge in [0, 0.05) is 19.1 Å². The molecule has 1 aromatic rings. The molecule has 0 aliphatic rings. The fourth-order valence-electron chi connectivity index (χ4n) is 1.87. The van der Waals surface area contributed by atoms with Gasteiger partial charge < -0.3 is 10.1 Å². The molecule has 1 heterocycles. The maximum atomic E-state index is 5.62. The molecule has 0 spiro atoms. The summed E-state index contributed by atoms with van der Waals surface area (Å²) in [7, 11) is 0. The Morgan fingerprint density at radius 2 is 2.22 bits per heavy atom. The van der Waals surface area contributed by atoms with Crippen molar-refractivity contribution in [2.24, 2.45) is 0 Å². The van der Waals surface area contributed by atoms with Crippen LogP contribution in [-0.2, 0) is 6.54 Å². The molecule has 1 atom stereocenters. The zero-order valence-corrected chi connectivity index (χ0v) is 12.0. The normalized spacial score (nSPS) is 12.6. The van der Waals surface area contributed by atoms with Crippen molar-refractivity contribution in [3.8, 4) is 5.75 Å². The fraction of sp³-hybridized carbons (Fsp3) is 0.786. The van der Waals surface area contributed by atoms with Gasteiger partial charge in [0.2, 0.25) is 0 Å². The third-order valence-corrected chi connectivity index (χ3v) is 3.04. The lowest BCUT2D eigenvalue weighted by molar-refractivity contribution is 0.304. The Hall–Kier alpha value is -1.03. The van der Waals surface area contributed by atoms with Gasteiger partial charge in [-0.3, -0.25) is 4.68 Å². The number of unbranched alkanes of at least 4 members (excludes halogenated alkanes) is 2. The molecule has 0 amide bonds. The summed E-state index contributed by atoms with van der Waals surface area (Å²) in [5.74, 6) is 0.859. The molecular weight excluding hydrogens is 226 g/mol. The van der Waals surface area contributed by atoms with Gasteiger partial charge in [-0.15, -0.1) is 0 Å². The summed E-state index contributed by atoms with van der Waals surface area (Å²) in [6.07, 6.45) is 8.89. The first-order valence-electron chi connectivity index (χ1n) is 7.14. The molecule has 104 valence electrons. The van der Waals surface area contributed by atoms with Crippen LogP contribution in [0.4, 0.5) is 0 Å². The minimum atomic E-state index is 0.582. The predicted molar refractivity (Wildman–Crippen MR) is 75.0 cm³/mol. The number of hydrogen-bond acceptors (Lipinski definition) is 3. The second-order valence-electron chi connectivity index (χ2n) is 4.73. The Labute approximate surface area is 111 Å². The number of nitrogens with zero attached hydrogens (tertiary/aromatic N) is 2. The summed E-state index contributed by atoms with van der Waals surface area (Å²) in [5.41, 5.74) is 0. The van der Waals surface area contributed by atoms with Crippen LogP contribution < -0.4 is 10.1 Å². The second kappa shape index (κ2) is 8.97. The average molecular weight is 253 g/mol. The van der Waals surface area contributed by atoms with Crippen LogP contribution in [0.3, 0.4) is 0 Å². The van der Waals surface area contributed by atoms with Crippen LogP contribution in [0.5, 0.6) is 5.75 Å². The van der Waals surface area contributed by atoms with Gasteiger partial charge in [0.05, 0.1) is 12.4 Å². The quantitative estimate of drug-likeness (QED) is 0.652. The van der Waals surface area contributed by atoms with Crippen molar-refractivity contribution in [1.29, 1.82) is 0 Å². The van der Waals surface area contributed by atoms with Crippen LogP contribution in [0.1, 0.15) is 46.5 Å². The third-order valence-electron chi connectivity index (χ3n) is 3.04. The van der Waals surface area contributed by atoms with Crippen molar-refractivity contribution < 1.29 is 4.74 Å². The van der Waals surface area contributed by atoms with Crippen molar-refractivity contribution in [1.82, 2.24) is 15.1 Å². The molecule has 1 N–H and O–H groups in total. The lowest BCUT2D eigenvalue weighted by Crippen LogP contribution is -2.30. The number of hydrogen-bond donors (Lipinski definition) is 1. The first kappa shape index (κ1) is 15.0. The molecule has 0 radical (unpaired) electrons. The minimum Gasteiger partial charge on any atom is -0.489 e. The summed E-state index contributed by atoms with van der Waals surface area (Å²) in [4.78, 5) is 0. The predicted octanol–water partition coefficient (Wildman–Crippen LogP) is 2.84. The highest BCUT2D eigenvalue weighted by Crippen LogP contribution is 2.07. The van der Waals surface area contributed by atoms with E-state index in [-0.39, 0.29) is 0 Å². The molecule has 0 fully saturated rings. The zero-order valence-electron chi connectivity index (χ0n) is 12.0. The minimum absolute atomic E-state index is 0.582. The Kier molecular flexibility index (Phi) is 7.49. The van der Waals surface area contributed by atoms with Gasteiger partial charge in [0.15, 0.2) is 5.75 Å². The fourth-order valence-corrected chi connectivity index (χ4v) is 1.87. The second-order valence-corrected chi connectivity index (χ2v) is 4.73. The van der Waals surface area contributed by atoms with Crippen molar-refractivity contribution in [3.63, 3.8) is 0 Å². The van der Waals surface area contributed by atoms with Crippen LogP contribution in [0.2, 0.25) is 0 Å². The Morgan fingerprint density at radius 1 is 1.39 bits per heavy atom. The number of aromatic nitrogens is 2. The molecule has 0 aliphatic heterocycles. The van der Waals surface area contributed by atoms with E-state index in [1.807, 2.05) is 10.9 Å². The van der Waals surface area contributed by atoms with E-state index in [4.69, 9.17) is 4.74 Å². The van der Waals surface area contributed by atoms with Gasteiger partial charge in [-0.1, -0.05) is 26.2 Å². The van der Waals surface area contributed by atoms with Crippen LogP contribution in [0.15, 0.2) is 12.4 Å². The van der Waals surface area contributed by atoms with Crippen molar-refractivity contribution >= 4 is 0 Å². The summed E-state index contributed by atoms with van der Waals surface area (Å²) >= 11 is 0. The van der Waals surface area contributed by atoms with Crippen LogP contribution >= 0.6 is 0 Å². The standard InChI is InChI=1S/C14H27N3O/c1-4-6-7-8-13(3)15-9-10-18-14-11-16-17(5-2)12-14/h11-13,15H,4-10H2,1-3H3. The topological polar surface area (TPSA) is 39.1 Å². The number of ether oxygens (including phenoxy) is 1. The van der Waals surface area contributed by atoms with Crippen LogP contribution in [-0.4, -0.2) is 29.0 Å². The molecule has 4 heteroatoms. The van der Waals surface area contributed by atoms with E-state index in [1.54, 1.807) is 6.20 Å². The first-order chi connectivity index (χ1) is 8.76. The number of rotatable bonds is 10. The maximum Gasteiger partial charge on any atom is 0.157 e. The van der Waals surface area contributed by atoms with Crippen molar-refractivity contribution in [2.75, 3.05) is 13.2 Å². The smallest absolute Gasteiger partial charge is 0.157 e. The highest BCUT2D eigenvalue weighted by Gasteiger charge is 2.01. The largest absolute Gasteiger partial charge is 0.489 e. The Bertz CT molecular complexity index is 312. The van der Waals surface area contributed by atoms with Crippen LogP contribution in [0.25, 0.3) is 0 Å². The van der Waals surface area contributed by atoms with Gasteiger partial charge in [-0.25, -0.2) is 0 Å². The summed E-state index contributed by atoms with van der Waals surface area (Å²) in [6, 6.07) is 0.582. The van der Waals surface area contributed by atoms with E-state index >= 15 is 0 Å². The molecule has 1 rings (SSSR count). The molecule has 0 aliphatic carbocycles. The van der Waals surface area contributed by atoms with Crippen molar-refractivity contribution in [2.45, 2.75) is 59.0 Å². The van der Waals surface area contributed by atoms with E-state index in [1.165, 1.54) is 25.7 Å². The molecule has 1 unspecified atom stereocenters. The summed E-state index contributed by atoms with van der Waals surface area (Å²) in [6.45, 7) is 9.03. The van der Waals surface area contributed by atoms with Gasteiger partial charge in [-0.2, -0.15) is 5.10 Å². The first-order valence-corrected chi connectivity index (χ1v) is 7.14. The molecule has 0 bridgehead atoms. The van der Waals surface area contributed by atoms with Crippen molar-refractivity contribution in [3.05, 3.63) is 12.4 Å². The highest BCUT2D eigenvalue weighted by molar-refractivity contribution is 5.11. The third kappa shape index (κ3) is 6.05. The lowest BCUT2D eigenvalue weighted by Gasteiger charge is -2.13. The van der Waals surface area contributed by atoms with Gasteiger partial charge in [-0.05, 0) is 20.3 Å². The molecule has 18 heavy (non-hydrogen) atoms. The van der Waals surface area contributed by atoms with E-state index in [2.05, 4.69) is 31.2 Å². The number of aryl methyl sites for hydroxylation is 1. The Balaban J connectivity index is 2.03. The Morgan fingerprint density at radius 3 is 2.89 bits per heavy atom. The van der Waals surface area contributed by atoms with E-state index < -0.39 is 0 Å². The van der Waals surface area contributed by atoms with Gasteiger partial charge >= 0.3 is 0 Å². The molecule has 4 nitrogen and oxygen atoms in total. The summed E-state index contributed by atoms with van der Waals surface area (Å²) < 4.78 is 7.49. The average Bonchev–Trinajstić information content (AvgIpc) is 2.83. The highest BCUT2D eigenvalue weighted by atomic mass is 16.5. The molecular formula is C14H27N3O. The van der Waals surface area contributed by atoms with Crippen LogP contribution in [0, 0.1) is 0 Å². The number of nitrogens with one attached hydrogen (secondary N) is 1. The monoisotopic (exact) mass is 253 g/mol. The lowest BCUT2D eigenvalue weighted by atomic mass is 10.1. The molecule has 0 saturated heterocycles.